The number of phosphoric acid groups is 1. The highest BCUT2D eigenvalue weighted by Crippen LogP contribution is 2.43. The van der Waals surface area contributed by atoms with E-state index in [1.165, 1.54) is 218 Å². The quantitative estimate of drug-likeness (QED) is 0.0205. The van der Waals surface area contributed by atoms with Crippen LogP contribution in [-0.4, -0.2) is 74.3 Å². The zero-order valence-corrected chi connectivity index (χ0v) is 54.0. The molecule has 0 fully saturated rings. The van der Waals surface area contributed by atoms with Gasteiger partial charge in [0.25, 0.3) is 0 Å². The van der Waals surface area contributed by atoms with Gasteiger partial charge in [0, 0.05) is 12.8 Å². The molecule has 0 aromatic rings. The Bertz CT molecular complexity index is 1490. The van der Waals surface area contributed by atoms with Crippen LogP contribution in [0.5, 0.6) is 0 Å². The fourth-order valence-corrected chi connectivity index (χ4v) is 10.7. The molecule has 10 heteroatoms. The van der Waals surface area contributed by atoms with E-state index < -0.39 is 20.0 Å². The van der Waals surface area contributed by atoms with Crippen LogP contribution in [0.25, 0.3) is 0 Å². The van der Waals surface area contributed by atoms with Crippen molar-refractivity contribution in [2.75, 3.05) is 40.9 Å². The molecule has 0 aromatic carbocycles. The maximum Gasteiger partial charge on any atom is 0.472 e. The second-order valence-electron chi connectivity index (χ2n) is 24.3. The average molecular weight is 1130 g/mol. The fraction of sp³-hybridized carbons (Fsp3) is 0.855. The van der Waals surface area contributed by atoms with Crippen LogP contribution in [0.1, 0.15) is 329 Å². The van der Waals surface area contributed by atoms with Gasteiger partial charge in [-0.3, -0.25) is 18.6 Å². The minimum atomic E-state index is -4.45. The van der Waals surface area contributed by atoms with Crippen molar-refractivity contribution in [2.24, 2.45) is 0 Å². The molecule has 0 aromatic heterocycles. The number of carbonyl (C=O) groups excluding carboxylic acids is 2. The molecular formula is C69H132N2O7P+. The molecular weight excluding hydrogens is 1000 g/mol. The van der Waals surface area contributed by atoms with Gasteiger partial charge in [0.15, 0.2) is 0 Å². The Kier molecular flexibility index (Phi) is 57.6. The number of nitrogens with one attached hydrogen (secondary N) is 1. The highest BCUT2D eigenvalue weighted by Gasteiger charge is 2.30. The minimum absolute atomic E-state index is 0.0395. The summed E-state index contributed by atoms with van der Waals surface area (Å²) in [5.41, 5.74) is 0. The van der Waals surface area contributed by atoms with Crippen LogP contribution in [0.2, 0.25) is 0 Å². The lowest BCUT2D eigenvalue weighted by Gasteiger charge is -2.27. The van der Waals surface area contributed by atoms with Gasteiger partial charge in [-0.05, 0) is 89.5 Å². The summed E-state index contributed by atoms with van der Waals surface area (Å²) >= 11 is 0. The topological polar surface area (TPSA) is 111 Å². The molecule has 3 atom stereocenters. The summed E-state index contributed by atoms with van der Waals surface area (Å²) < 4.78 is 30.7. The summed E-state index contributed by atoms with van der Waals surface area (Å²) in [6, 6.07) is -0.851. The largest absolute Gasteiger partial charge is 0.472 e. The first-order valence-electron chi connectivity index (χ1n) is 34.0. The monoisotopic (exact) mass is 1130 g/mol. The highest BCUT2D eigenvalue weighted by molar-refractivity contribution is 7.47. The molecule has 0 aliphatic heterocycles. The van der Waals surface area contributed by atoms with Crippen molar-refractivity contribution in [2.45, 2.75) is 341 Å². The van der Waals surface area contributed by atoms with Crippen LogP contribution in [0, 0.1) is 0 Å². The number of amides is 1. The molecule has 0 saturated carbocycles. The van der Waals surface area contributed by atoms with E-state index in [0.29, 0.717) is 23.9 Å². The Morgan fingerprint density at radius 1 is 0.443 bits per heavy atom. The summed E-state index contributed by atoms with van der Waals surface area (Å²) in [5, 5.41) is 3.06. The average Bonchev–Trinajstić information content (AvgIpc) is 3.41. The second kappa shape index (κ2) is 59.1. The van der Waals surface area contributed by atoms with Crippen molar-refractivity contribution in [1.29, 1.82) is 0 Å². The van der Waals surface area contributed by atoms with Gasteiger partial charge in [0.05, 0.1) is 33.8 Å². The van der Waals surface area contributed by atoms with Gasteiger partial charge in [-0.25, -0.2) is 4.57 Å². The number of unbranched alkanes of at least 4 members (excludes halogenated alkanes) is 40. The molecule has 464 valence electrons. The number of ether oxygens (including phenoxy) is 1. The molecule has 0 aliphatic carbocycles. The standard InChI is InChI=1S/C69H131N2O7P/c1-7-10-13-16-19-22-25-27-29-31-32-33-34-35-36-37-38-40-42-44-47-50-53-56-59-62-69(73)78-67(60-57-54-51-48-45-24-21-18-15-12-9-3)66(65-77-79(74,75)76-64-63-71(4,5)6)70-68(72)61-58-55-52-49-46-43-41-39-30-28-26-23-20-17-14-11-8-2/h20,23,27-30,57,60,66-67H,7-19,21-22,24-26,31-56,58-59,61-65H2,1-6H3,(H-,70,72,74,75)/p+1/b23-20-,29-27+,30-28-,60-57-. The molecule has 2 N–H and O–H groups in total. The SMILES string of the molecule is CCCCC/C=C\C/C=C\CCCCCCCCCC(=O)NC(COP(=O)(O)OCC[N+](C)(C)C)C(/C=C\CCCCCCCCCCC)OC(=O)CCCCCCCCCCCCCCCCC/C=C/CCCCCCCC. The molecule has 9 nitrogen and oxygen atoms in total. The lowest BCUT2D eigenvalue weighted by atomic mass is 10.0. The maximum atomic E-state index is 13.6. The third-order valence-electron chi connectivity index (χ3n) is 15.2. The smallest absolute Gasteiger partial charge is 0.456 e. The molecule has 0 aliphatic rings. The molecule has 0 saturated heterocycles. The lowest BCUT2D eigenvalue weighted by Crippen LogP contribution is -2.47. The number of esters is 1. The Hall–Kier alpha value is -2.03. The molecule has 79 heavy (non-hydrogen) atoms. The van der Waals surface area contributed by atoms with Gasteiger partial charge >= 0.3 is 13.8 Å². The third kappa shape index (κ3) is 60.4. The summed E-state index contributed by atoms with van der Waals surface area (Å²) in [6.07, 6.45) is 74.1. The van der Waals surface area contributed by atoms with Crippen LogP contribution >= 0.6 is 7.82 Å². The minimum Gasteiger partial charge on any atom is -0.456 e. The number of nitrogens with zero attached hydrogens (tertiary/aromatic N) is 1. The second-order valence-corrected chi connectivity index (χ2v) is 25.8. The molecule has 0 heterocycles. The summed E-state index contributed by atoms with van der Waals surface area (Å²) in [6.45, 7) is 7.01. The zero-order valence-electron chi connectivity index (χ0n) is 53.1. The third-order valence-corrected chi connectivity index (χ3v) is 16.2. The fourth-order valence-electron chi connectivity index (χ4n) is 9.97. The van der Waals surface area contributed by atoms with Gasteiger partial charge < -0.3 is 19.4 Å². The van der Waals surface area contributed by atoms with Crippen molar-refractivity contribution in [3.8, 4) is 0 Å². The number of likely N-dealkylation sites (N-methyl/N-ethyl adjacent to an activating group) is 1. The van der Waals surface area contributed by atoms with Gasteiger partial charge in [0.1, 0.15) is 19.3 Å². The van der Waals surface area contributed by atoms with Gasteiger partial charge in [-0.2, -0.15) is 0 Å². The number of hydrogen-bond acceptors (Lipinski definition) is 6. The number of hydrogen-bond donors (Lipinski definition) is 2. The van der Waals surface area contributed by atoms with Crippen molar-refractivity contribution >= 4 is 19.7 Å². The summed E-state index contributed by atoms with van der Waals surface area (Å²) in [5.74, 6) is -0.502. The number of quaternary nitrogens is 1. The number of allylic oxidation sites excluding steroid dienone is 7. The first kappa shape index (κ1) is 77.0. The number of carbonyl (C=O) groups is 2. The van der Waals surface area contributed by atoms with E-state index in [0.717, 1.165) is 77.0 Å². The molecule has 3 unspecified atom stereocenters. The van der Waals surface area contributed by atoms with E-state index in [4.69, 9.17) is 13.8 Å². The maximum absolute atomic E-state index is 13.6. The van der Waals surface area contributed by atoms with Crippen LogP contribution in [-0.2, 0) is 27.9 Å². The van der Waals surface area contributed by atoms with Crippen molar-refractivity contribution in [3.63, 3.8) is 0 Å². The molecule has 0 bridgehead atoms. The first-order valence-corrected chi connectivity index (χ1v) is 35.5. The Morgan fingerprint density at radius 3 is 1.18 bits per heavy atom. The Morgan fingerprint density at radius 2 is 0.772 bits per heavy atom. The van der Waals surface area contributed by atoms with Crippen molar-refractivity contribution in [1.82, 2.24) is 5.32 Å². The van der Waals surface area contributed by atoms with E-state index in [-0.39, 0.29) is 25.1 Å². The van der Waals surface area contributed by atoms with E-state index in [2.05, 4.69) is 62.5 Å². The van der Waals surface area contributed by atoms with E-state index in [1.807, 2.05) is 33.3 Å². The van der Waals surface area contributed by atoms with Crippen LogP contribution in [0.15, 0.2) is 48.6 Å². The summed E-state index contributed by atoms with van der Waals surface area (Å²) in [4.78, 5) is 37.8. The highest BCUT2D eigenvalue weighted by atomic mass is 31.2. The van der Waals surface area contributed by atoms with Crippen LogP contribution in [0.4, 0.5) is 0 Å². The van der Waals surface area contributed by atoms with Crippen LogP contribution < -0.4 is 5.32 Å². The van der Waals surface area contributed by atoms with Crippen molar-refractivity contribution < 1.29 is 37.3 Å². The van der Waals surface area contributed by atoms with E-state index in [1.54, 1.807) is 0 Å². The van der Waals surface area contributed by atoms with Gasteiger partial charge in [0.2, 0.25) is 5.91 Å². The Labute approximate surface area is 490 Å². The van der Waals surface area contributed by atoms with Crippen molar-refractivity contribution in [3.05, 3.63) is 48.6 Å². The van der Waals surface area contributed by atoms with Gasteiger partial charge in [-0.15, -0.1) is 0 Å². The predicted molar refractivity (Wildman–Crippen MR) is 342 cm³/mol. The molecule has 0 radical (unpaired) electrons. The zero-order chi connectivity index (χ0) is 57.9. The predicted octanol–water partition coefficient (Wildman–Crippen LogP) is 21.2. The first-order chi connectivity index (χ1) is 38.4. The van der Waals surface area contributed by atoms with E-state index in [9.17, 15) is 19.0 Å². The number of rotatable bonds is 62. The molecule has 1 amide bonds. The molecule has 0 rings (SSSR count). The lowest BCUT2D eigenvalue weighted by molar-refractivity contribution is -0.870. The number of phosphoric ester groups is 1. The van der Waals surface area contributed by atoms with Crippen LogP contribution in [0.3, 0.4) is 0 Å². The van der Waals surface area contributed by atoms with E-state index >= 15 is 0 Å². The molecule has 0 spiro atoms. The normalized spacial score (nSPS) is 13.9. The van der Waals surface area contributed by atoms with Gasteiger partial charge in [-0.1, -0.05) is 275 Å². The summed E-state index contributed by atoms with van der Waals surface area (Å²) in [7, 11) is 1.50. The Balaban J connectivity index is 5.03.